The number of anilines is 1. The molecule has 0 saturated carbocycles. The summed E-state index contributed by atoms with van der Waals surface area (Å²) in [7, 11) is 0. The van der Waals surface area contributed by atoms with Crippen molar-refractivity contribution in [2.24, 2.45) is 0 Å². The summed E-state index contributed by atoms with van der Waals surface area (Å²) < 4.78 is 0. The maximum absolute atomic E-state index is 12.4. The number of likely N-dealkylation sites (tertiary alicyclic amines) is 1. The fourth-order valence-electron chi connectivity index (χ4n) is 3.73. The van der Waals surface area contributed by atoms with Crippen molar-refractivity contribution in [1.29, 1.82) is 5.26 Å². The number of carbonyl (C=O) groups is 1. The molecular formula is C17H23N3OS. The van der Waals surface area contributed by atoms with E-state index in [0.717, 1.165) is 37.1 Å². The monoisotopic (exact) mass is 317 g/mol. The van der Waals surface area contributed by atoms with Crippen LogP contribution in [0.5, 0.6) is 0 Å². The smallest absolute Gasteiger partial charge is 0.239 e. The lowest BCUT2D eigenvalue weighted by Gasteiger charge is -2.38. The molecule has 1 aromatic heterocycles. The van der Waals surface area contributed by atoms with Crippen molar-refractivity contribution in [2.75, 3.05) is 11.9 Å². The van der Waals surface area contributed by atoms with Gasteiger partial charge in [-0.1, -0.05) is 6.42 Å². The zero-order valence-corrected chi connectivity index (χ0v) is 14.1. The Balaban J connectivity index is 1.69. The molecule has 2 atom stereocenters. The minimum absolute atomic E-state index is 0.0111. The molecule has 4 nitrogen and oxygen atoms in total. The third kappa shape index (κ3) is 2.90. The standard InChI is InChI=1S/C17H23N3OS/c1-11-5-3-6-12(2)20(11)10-16(21)19-17-14(9-18)13-7-4-8-15(13)22-17/h11-12H,3-8,10H2,1-2H3,(H,19,21). The number of hydrogen-bond acceptors (Lipinski definition) is 4. The minimum atomic E-state index is 0.0111. The number of nitriles is 1. The summed E-state index contributed by atoms with van der Waals surface area (Å²) in [5.74, 6) is 0.0111. The second-order valence-corrected chi connectivity index (χ2v) is 7.63. The molecule has 0 radical (unpaired) electrons. The number of rotatable bonds is 3. The number of piperidine rings is 1. The summed E-state index contributed by atoms with van der Waals surface area (Å²) >= 11 is 1.59. The first-order valence-electron chi connectivity index (χ1n) is 8.20. The van der Waals surface area contributed by atoms with Gasteiger partial charge in [-0.05, 0) is 51.5 Å². The van der Waals surface area contributed by atoms with E-state index in [1.807, 2.05) is 0 Å². The summed E-state index contributed by atoms with van der Waals surface area (Å²) in [6, 6.07) is 3.20. The van der Waals surface area contributed by atoms with Gasteiger partial charge in [0.15, 0.2) is 0 Å². The van der Waals surface area contributed by atoms with E-state index in [9.17, 15) is 10.1 Å². The number of hydrogen-bond donors (Lipinski definition) is 1. The molecule has 1 amide bonds. The number of carbonyl (C=O) groups excluding carboxylic acids is 1. The van der Waals surface area contributed by atoms with Gasteiger partial charge in [-0.15, -0.1) is 11.3 Å². The van der Waals surface area contributed by atoms with Gasteiger partial charge >= 0.3 is 0 Å². The summed E-state index contributed by atoms with van der Waals surface area (Å²) in [6.45, 7) is 4.82. The molecule has 1 aliphatic heterocycles. The van der Waals surface area contributed by atoms with E-state index in [-0.39, 0.29) is 5.91 Å². The number of fused-ring (bicyclic) bond motifs is 1. The Labute approximate surface area is 136 Å². The first-order chi connectivity index (χ1) is 10.6. The molecule has 1 N–H and O–H groups in total. The first kappa shape index (κ1) is 15.5. The van der Waals surface area contributed by atoms with E-state index in [1.165, 1.54) is 16.9 Å². The van der Waals surface area contributed by atoms with Crippen molar-refractivity contribution in [3.05, 3.63) is 16.0 Å². The molecule has 0 aromatic carbocycles. The van der Waals surface area contributed by atoms with Gasteiger partial charge in [-0.25, -0.2) is 0 Å². The predicted octanol–water partition coefficient (Wildman–Crippen LogP) is 3.31. The Morgan fingerprint density at radius 1 is 1.32 bits per heavy atom. The van der Waals surface area contributed by atoms with Gasteiger partial charge in [-0.3, -0.25) is 9.69 Å². The highest BCUT2D eigenvalue weighted by Crippen LogP contribution is 2.38. The number of aryl methyl sites for hydroxylation is 1. The van der Waals surface area contributed by atoms with Crippen molar-refractivity contribution in [2.45, 2.75) is 64.5 Å². The Morgan fingerprint density at radius 3 is 2.73 bits per heavy atom. The summed E-state index contributed by atoms with van der Waals surface area (Å²) in [4.78, 5) is 16.0. The summed E-state index contributed by atoms with van der Waals surface area (Å²) in [5.41, 5.74) is 1.87. The van der Waals surface area contributed by atoms with E-state index in [2.05, 4.69) is 30.1 Å². The average molecular weight is 317 g/mol. The fourth-order valence-corrected chi connectivity index (χ4v) is 4.98. The molecule has 1 aliphatic carbocycles. The maximum atomic E-state index is 12.4. The molecular weight excluding hydrogens is 294 g/mol. The largest absolute Gasteiger partial charge is 0.315 e. The lowest BCUT2D eigenvalue weighted by molar-refractivity contribution is -0.118. The molecule has 2 heterocycles. The van der Waals surface area contributed by atoms with Crippen LogP contribution in [0.3, 0.4) is 0 Å². The second kappa shape index (κ2) is 6.39. The lowest BCUT2D eigenvalue weighted by Crippen LogP contribution is -2.47. The molecule has 2 unspecified atom stereocenters. The van der Waals surface area contributed by atoms with Crippen molar-refractivity contribution >= 4 is 22.2 Å². The molecule has 5 heteroatoms. The maximum Gasteiger partial charge on any atom is 0.239 e. The molecule has 3 rings (SSSR count). The van der Waals surface area contributed by atoms with Crippen LogP contribution < -0.4 is 5.32 Å². The molecule has 1 fully saturated rings. The average Bonchev–Trinajstić information content (AvgIpc) is 3.03. The fraction of sp³-hybridized carbons (Fsp3) is 0.647. The van der Waals surface area contributed by atoms with Gasteiger partial charge in [0, 0.05) is 17.0 Å². The third-order valence-corrected chi connectivity index (χ3v) is 6.20. The highest BCUT2D eigenvalue weighted by molar-refractivity contribution is 7.16. The SMILES string of the molecule is CC1CCCC(C)N1CC(=O)Nc1sc2c(c1C#N)CCC2. The van der Waals surface area contributed by atoms with Crippen molar-refractivity contribution < 1.29 is 4.79 Å². The zero-order valence-electron chi connectivity index (χ0n) is 13.3. The highest BCUT2D eigenvalue weighted by Gasteiger charge is 2.28. The van der Waals surface area contributed by atoms with Crippen LogP contribution in [0.4, 0.5) is 5.00 Å². The Hall–Kier alpha value is -1.38. The van der Waals surface area contributed by atoms with Crippen LogP contribution >= 0.6 is 11.3 Å². The summed E-state index contributed by atoms with van der Waals surface area (Å²) in [5, 5.41) is 13.1. The van der Waals surface area contributed by atoms with Crippen LogP contribution in [0.2, 0.25) is 0 Å². The third-order valence-electron chi connectivity index (χ3n) is 4.99. The van der Waals surface area contributed by atoms with Crippen molar-refractivity contribution in [1.82, 2.24) is 4.90 Å². The molecule has 0 bridgehead atoms. The second-order valence-electron chi connectivity index (χ2n) is 6.52. The predicted molar refractivity (Wildman–Crippen MR) is 89.2 cm³/mol. The van der Waals surface area contributed by atoms with Gasteiger partial charge in [-0.2, -0.15) is 5.26 Å². The van der Waals surface area contributed by atoms with E-state index in [0.29, 0.717) is 24.2 Å². The van der Waals surface area contributed by atoms with E-state index in [4.69, 9.17) is 0 Å². The number of nitrogens with zero attached hydrogens (tertiary/aromatic N) is 2. The van der Waals surface area contributed by atoms with Crippen molar-refractivity contribution in [3.8, 4) is 6.07 Å². The van der Waals surface area contributed by atoms with Gasteiger partial charge in [0.25, 0.3) is 0 Å². The highest BCUT2D eigenvalue weighted by atomic mass is 32.1. The molecule has 118 valence electrons. The van der Waals surface area contributed by atoms with Gasteiger partial charge in [0.2, 0.25) is 5.91 Å². The summed E-state index contributed by atoms with van der Waals surface area (Å²) in [6.07, 6.45) is 6.72. The van der Waals surface area contributed by atoms with Gasteiger partial charge in [0.1, 0.15) is 11.1 Å². The quantitative estimate of drug-likeness (QED) is 0.930. The molecule has 1 aromatic rings. The van der Waals surface area contributed by atoms with Crippen LogP contribution in [0.15, 0.2) is 0 Å². The van der Waals surface area contributed by atoms with Crippen molar-refractivity contribution in [3.63, 3.8) is 0 Å². The molecule has 1 saturated heterocycles. The van der Waals surface area contributed by atoms with E-state index in [1.54, 1.807) is 11.3 Å². The Morgan fingerprint density at radius 2 is 2.05 bits per heavy atom. The van der Waals surface area contributed by atoms with Crippen LogP contribution in [0.1, 0.15) is 55.5 Å². The van der Waals surface area contributed by atoms with Gasteiger partial charge in [0.05, 0.1) is 12.1 Å². The number of amides is 1. The van der Waals surface area contributed by atoms with Gasteiger partial charge < -0.3 is 5.32 Å². The van der Waals surface area contributed by atoms with E-state index < -0.39 is 0 Å². The zero-order chi connectivity index (χ0) is 15.7. The normalized spacial score (nSPS) is 24.8. The lowest BCUT2D eigenvalue weighted by atomic mass is 9.97. The van der Waals surface area contributed by atoms with Crippen LogP contribution in [-0.4, -0.2) is 29.4 Å². The Kier molecular flexibility index (Phi) is 4.51. The topological polar surface area (TPSA) is 56.1 Å². The van der Waals surface area contributed by atoms with Crippen LogP contribution in [0, 0.1) is 11.3 Å². The molecule has 22 heavy (non-hydrogen) atoms. The minimum Gasteiger partial charge on any atom is -0.315 e. The number of thiophene rings is 1. The van der Waals surface area contributed by atoms with Crippen LogP contribution in [0.25, 0.3) is 0 Å². The molecule has 2 aliphatic rings. The van der Waals surface area contributed by atoms with E-state index >= 15 is 0 Å². The molecule has 0 spiro atoms. The Bertz CT molecular complexity index is 606. The van der Waals surface area contributed by atoms with Crippen LogP contribution in [-0.2, 0) is 17.6 Å². The number of nitrogens with one attached hydrogen (secondary N) is 1. The first-order valence-corrected chi connectivity index (χ1v) is 9.02.